The molecule has 10 heteroatoms. The number of amides is 1. The SMILES string of the molecule is CCC(=O)Nc1cnc(-c2cc(-c3ccon3)n(Cc3ccccc3F)n2)nc1N. The van der Waals surface area contributed by atoms with Crippen LogP contribution in [0.15, 0.2) is 53.4 Å². The van der Waals surface area contributed by atoms with Crippen LogP contribution >= 0.6 is 0 Å². The quantitative estimate of drug-likeness (QED) is 0.503. The van der Waals surface area contributed by atoms with Gasteiger partial charge in [0, 0.05) is 18.1 Å². The van der Waals surface area contributed by atoms with E-state index in [0.29, 0.717) is 34.8 Å². The first-order chi connectivity index (χ1) is 14.5. The van der Waals surface area contributed by atoms with Crippen LogP contribution < -0.4 is 11.1 Å². The van der Waals surface area contributed by atoms with Gasteiger partial charge in [0.15, 0.2) is 11.6 Å². The molecule has 0 aliphatic rings. The van der Waals surface area contributed by atoms with E-state index in [1.807, 2.05) is 0 Å². The van der Waals surface area contributed by atoms with Gasteiger partial charge < -0.3 is 15.6 Å². The molecule has 0 spiro atoms. The Bertz CT molecular complexity index is 1190. The van der Waals surface area contributed by atoms with Crippen LogP contribution in [-0.2, 0) is 11.3 Å². The molecule has 4 aromatic rings. The highest BCUT2D eigenvalue weighted by Gasteiger charge is 2.18. The topological polar surface area (TPSA) is 125 Å². The van der Waals surface area contributed by atoms with Gasteiger partial charge in [0.05, 0.1) is 18.4 Å². The van der Waals surface area contributed by atoms with Gasteiger partial charge in [0.1, 0.15) is 29.2 Å². The van der Waals surface area contributed by atoms with Gasteiger partial charge in [-0.15, -0.1) is 0 Å². The summed E-state index contributed by atoms with van der Waals surface area (Å²) in [7, 11) is 0. The molecule has 0 radical (unpaired) electrons. The van der Waals surface area contributed by atoms with Crippen molar-refractivity contribution in [1.29, 1.82) is 0 Å². The van der Waals surface area contributed by atoms with E-state index in [0.717, 1.165) is 0 Å². The van der Waals surface area contributed by atoms with Crippen LogP contribution in [0.3, 0.4) is 0 Å². The molecule has 0 saturated carbocycles. The Morgan fingerprint density at radius 2 is 2.10 bits per heavy atom. The number of nitrogens with one attached hydrogen (secondary N) is 1. The number of halogens is 1. The summed E-state index contributed by atoms with van der Waals surface area (Å²) in [6, 6.07) is 9.85. The van der Waals surface area contributed by atoms with E-state index in [1.54, 1.807) is 41.9 Å². The predicted molar refractivity (Wildman–Crippen MR) is 108 cm³/mol. The highest BCUT2D eigenvalue weighted by molar-refractivity contribution is 5.92. The number of hydrogen-bond acceptors (Lipinski definition) is 7. The van der Waals surface area contributed by atoms with E-state index in [2.05, 4.69) is 25.5 Å². The zero-order chi connectivity index (χ0) is 21.1. The lowest BCUT2D eigenvalue weighted by Crippen LogP contribution is -2.12. The normalized spacial score (nSPS) is 10.9. The van der Waals surface area contributed by atoms with E-state index in [1.165, 1.54) is 18.5 Å². The van der Waals surface area contributed by atoms with Crippen molar-refractivity contribution >= 4 is 17.4 Å². The first-order valence-corrected chi connectivity index (χ1v) is 9.20. The molecule has 4 rings (SSSR count). The van der Waals surface area contributed by atoms with Crippen molar-refractivity contribution < 1.29 is 13.7 Å². The molecule has 1 amide bonds. The zero-order valence-electron chi connectivity index (χ0n) is 16.0. The fourth-order valence-electron chi connectivity index (χ4n) is 2.84. The molecule has 0 bridgehead atoms. The van der Waals surface area contributed by atoms with Crippen LogP contribution in [0.1, 0.15) is 18.9 Å². The molecule has 0 saturated heterocycles. The second kappa shape index (κ2) is 8.11. The molecular weight excluding hydrogens is 389 g/mol. The maximum absolute atomic E-state index is 14.2. The Kier molecular flexibility index (Phi) is 5.21. The fourth-order valence-corrected chi connectivity index (χ4v) is 2.84. The van der Waals surface area contributed by atoms with Gasteiger partial charge in [-0.2, -0.15) is 5.10 Å². The molecule has 9 nitrogen and oxygen atoms in total. The highest BCUT2D eigenvalue weighted by Crippen LogP contribution is 2.26. The summed E-state index contributed by atoms with van der Waals surface area (Å²) >= 11 is 0. The molecule has 0 aliphatic carbocycles. The lowest BCUT2D eigenvalue weighted by atomic mass is 10.2. The third kappa shape index (κ3) is 3.88. The van der Waals surface area contributed by atoms with Crippen LogP contribution in [0.5, 0.6) is 0 Å². The molecule has 0 aliphatic heterocycles. The van der Waals surface area contributed by atoms with Gasteiger partial charge in [-0.3, -0.25) is 9.48 Å². The minimum Gasteiger partial charge on any atom is -0.382 e. The van der Waals surface area contributed by atoms with E-state index in [9.17, 15) is 9.18 Å². The molecule has 3 aromatic heterocycles. The molecule has 3 N–H and O–H groups in total. The van der Waals surface area contributed by atoms with Crippen molar-refractivity contribution in [3.8, 4) is 22.9 Å². The predicted octanol–water partition coefficient (Wildman–Crippen LogP) is 3.11. The molecular formula is C20H18FN7O2. The number of nitrogen functional groups attached to an aromatic ring is 1. The first-order valence-electron chi connectivity index (χ1n) is 9.20. The van der Waals surface area contributed by atoms with Crippen molar-refractivity contribution in [3.63, 3.8) is 0 Å². The van der Waals surface area contributed by atoms with E-state index < -0.39 is 0 Å². The van der Waals surface area contributed by atoms with Gasteiger partial charge in [-0.25, -0.2) is 14.4 Å². The smallest absolute Gasteiger partial charge is 0.224 e. The lowest BCUT2D eigenvalue weighted by molar-refractivity contribution is -0.115. The number of nitrogens with two attached hydrogens (primary N) is 1. The minimum atomic E-state index is -0.336. The van der Waals surface area contributed by atoms with Crippen molar-refractivity contribution in [2.24, 2.45) is 0 Å². The van der Waals surface area contributed by atoms with Crippen molar-refractivity contribution in [2.75, 3.05) is 11.1 Å². The molecule has 1 aromatic carbocycles. The number of aromatic nitrogens is 5. The molecule has 3 heterocycles. The number of rotatable bonds is 6. The Labute approximate surface area is 170 Å². The summed E-state index contributed by atoms with van der Waals surface area (Å²) in [5.41, 5.74) is 8.32. The summed E-state index contributed by atoms with van der Waals surface area (Å²) in [4.78, 5) is 20.1. The summed E-state index contributed by atoms with van der Waals surface area (Å²) in [6.45, 7) is 1.91. The van der Waals surface area contributed by atoms with Crippen LogP contribution in [0.25, 0.3) is 22.9 Å². The first kappa shape index (κ1) is 19.2. The van der Waals surface area contributed by atoms with Gasteiger partial charge in [-0.05, 0) is 12.1 Å². The fraction of sp³-hybridized carbons (Fsp3) is 0.150. The Morgan fingerprint density at radius 1 is 1.27 bits per heavy atom. The van der Waals surface area contributed by atoms with Gasteiger partial charge in [-0.1, -0.05) is 30.3 Å². The maximum atomic E-state index is 14.2. The van der Waals surface area contributed by atoms with Crippen molar-refractivity contribution in [1.82, 2.24) is 24.9 Å². The second-order valence-corrected chi connectivity index (χ2v) is 6.44. The maximum Gasteiger partial charge on any atom is 0.224 e. The lowest BCUT2D eigenvalue weighted by Gasteiger charge is -2.07. The third-order valence-corrected chi connectivity index (χ3v) is 4.40. The molecule has 0 fully saturated rings. The summed E-state index contributed by atoms with van der Waals surface area (Å²) in [6.07, 6.45) is 3.18. The summed E-state index contributed by atoms with van der Waals surface area (Å²) in [5, 5.41) is 11.1. The zero-order valence-corrected chi connectivity index (χ0v) is 16.0. The van der Waals surface area contributed by atoms with Crippen LogP contribution in [0.4, 0.5) is 15.9 Å². The molecule has 30 heavy (non-hydrogen) atoms. The third-order valence-electron chi connectivity index (χ3n) is 4.40. The minimum absolute atomic E-state index is 0.119. The highest BCUT2D eigenvalue weighted by atomic mass is 19.1. The van der Waals surface area contributed by atoms with E-state index in [4.69, 9.17) is 10.3 Å². The average molecular weight is 407 g/mol. The van der Waals surface area contributed by atoms with E-state index in [-0.39, 0.29) is 29.9 Å². The molecule has 152 valence electrons. The molecule has 0 atom stereocenters. The number of benzene rings is 1. The van der Waals surface area contributed by atoms with Crippen LogP contribution in [0.2, 0.25) is 0 Å². The Morgan fingerprint density at radius 3 is 2.80 bits per heavy atom. The van der Waals surface area contributed by atoms with Gasteiger partial charge in [0.2, 0.25) is 5.91 Å². The monoisotopic (exact) mass is 407 g/mol. The summed E-state index contributed by atoms with van der Waals surface area (Å²) < 4.78 is 20.7. The number of anilines is 2. The number of nitrogens with zero attached hydrogens (tertiary/aromatic N) is 5. The number of carbonyl (C=O) groups excluding carboxylic acids is 1. The number of carbonyl (C=O) groups is 1. The standard InChI is InChI=1S/C20H18FN7O2/c1-2-18(29)24-16-10-23-20(25-19(16)22)15-9-17(14-7-8-30-27-14)28(26-15)11-12-5-3-4-6-13(12)21/h3-10H,2,11H2,1H3,(H,24,29)(H2,22,23,25). The number of hydrogen-bond donors (Lipinski definition) is 2. The van der Waals surface area contributed by atoms with Crippen LogP contribution in [0, 0.1) is 5.82 Å². The summed E-state index contributed by atoms with van der Waals surface area (Å²) in [5.74, 6) is -0.148. The van der Waals surface area contributed by atoms with Crippen LogP contribution in [-0.4, -0.2) is 30.8 Å². The average Bonchev–Trinajstić information content (AvgIpc) is 3.41. The second-order valence-electron chi connectivity index (χ2n) is 6.44. The van der Waals surface area contributed by atoms with E-state index >= 15 is 0 Å². The van der Waals surface area contributed by atoms with Gasteiger partial charge in [0.25, 0.3) is 0 Å². The van der Waals surface area contributed by atoms with Crippen molar-refractivity contribution in [2.45, 2.75) is 19.9 Å². The molecule has 0 unspecified atom stereocenters. The Hall–Kier alpha value is -4.08. The van der Waals surface area contributed by atoms with Gasteiger partial charge >= 0.3 is 0 Å². The largest absolute Gasteiger partial charge is 0.382 e. The van der Waals surface area contributed by atoms with Crippen molar-refractivity contribution in [3.05, 3.63) is 60.2 Å². The Balaban J connectivity index is 1.72.